The predicted octanol–water partition coefficient (Wildman–Crippen LogP) is 2.55. The molecule has 0 aliphatic heterocycles. The maximum atomic E-state index is 12.4. The maximum Gasteiger partial charge on any atom is 0.319 e. The van der Waals surface area contributed by atoms with Crippen LogP contribution in [0, 0.1) is 0 Å². The third kappa shape index (κ3) is 6.46. The standard InChI is InChI=1S/C16H25ClN4O2/c1-16(2,3)20-15(23)19-11-6-7-13(17)12(10-11)14(22)21(5)9-8-18-4/h6-7,10,18H,8-9H2,1-5H3,(H2,19,20,23). The smallest absolute Gasteiger partial charge is 0.319 e. The van der Waals surface area contributed by atoms with Gasteiger partial charge in [-0.3, -0.25) is 4.79 Å². The minimum absolute atomic E-state index is 0.190. The fourth-order valence-corrected chi connectivity index (χ4v) is 2.05. The first-order valence-corrected chi connectivity index (χ1v) is 7.80. The number of likely N-dealkylation sites (N-methyl/N-ethyl adjacent to an activating group) is 2. The Bertz CT molecular complexity index is 570. The number of hydrogen-bond acceptors (Lipinski definition) is 3. The van der Waals surface area contributed by atoms with Crippen LogP contribution in [0.25, 0.3) is 0 Å². The van der Waals surface area contributed by atoms with E-state index in [2.05, 4.69) is 16.0 Å². The van der Waals surface area contributed by atoms with Gasteiger partial charge in [-0.15, -0.1) is 0 Å². The lowest BCUT2D eigenvalue weighted by atomic mass is 10.1. The molecule has 0 atom stereocenters. The Morgan fingerprint density at radius 1 is 1.26 bits per heavy atom. The first kappa shape index (κ1) is 19.3. The van der Waals surface area contributed by atoms with Crippen molar-refractivity contribution in [3.05, 3.63) is 28.8 Å². The Morgan fingerprint density at radius 3 is 2.48 bits per heavy atom. The number of urea groups is 1. The highest BCUT2D eigenvalue weighted by Gasteiger charge is 2.17. The van der Waals surface area contributed by atoms with Crippen molar-refractivity contribution in [2.45, 2.75) is 26.3 Å². The molecule has 1 rings (SSSR count). The molecule has 3 N–H and O–H groups in total. The fourth-order valence-electron chi connectivity index (χ4n) is 1.86. The van der Waals surface area contributed by atoms with Gasteiger partial charge < -0.3 is 20.9 Å². The summed E-state index contributed by atoms with van der Waals surface area (Å²) in [5, 5.41) is 8.85. The molecule has 1 aromatic rings. The largest absolute Gasteiger partial charge is 0.340 e. The van der Waals surface area contributed by atoms with Gasteiger partial charge in [-0.2, -0.15) is 0 Å². The summed E-state index contributed by atoms with van der Waals surface area (Å²) in [7, 11) is 3.53. The second-order valence-electron chi connectivity index (χ2n) is 6.35. The lowest BCUT2D eigenvalue weighted by molar-refractivity contribution is 0.0797. The van der Waals surface area contributed by atoms with Crippen LogP contribution in [0.15, 0.2) is 18.2 Å². The fraction of sp³-hybridized carbons (Fsp3) is 0.500. The van der Waals surface area contributed by atoms with E-state index in [-0.39, 0.29) is 17.5 Å². The van der Waals surface area contributed by atoms with Gasteiger partial charge in [-0.05, 0) is 46.0 Å². The third-order valence-electron chi connectivity index (χ3n) is 2.99. The minimum atomic E-state index is -0.345. The summed E-state index contributed by atoms with van der Waals surface area (Å²) in [5.41, 5.74) is 0.531. The van der Waals surface area contributed by atoms with E-state index in [1.807, 2.05) is 27.8 Å². The molecule has 23 heavy (non-hydrogen) atoms. The first-order valence-electron chi connectivity index (χ1n) is 7.43. The Labute approximate surface area is 142 Å². The molecule has 0 bridgehead atoms. The zero-order chi connectivity index (χ0) is 17.6. The zero-order valence-corrected chi connectivity index (χ0v) is 15.0. The minimum Gasteiger partial charge on any atom is -0.340 e. The van der Waals surface area contributed by atoms with E-state index < -0.39 is 0 Å². The van der Waals surface area contributed by atoms with Crippen molar-refractivity contribution in [2.24, 2.45) is 0 Å². The lowest BCUT2D eigenvalue weighted by Gasteiger charge is -2.21. The summed E-state index contributed by atoms with van der Waals surface area (Å²) >= 11 is 6.12. The van der Waals surface area contributed by atoms with Crippen LogP contribution in [-0.4, -0.2) is 49.6 Å². The molecule has 6 nitrogen and oxygen atoms in total. The van der Waals surface area contributed by atoms with E-state index in [1.165, 1.54) is 0 Å². The van der Waals surface area contributed by atoms with Crippen molar-refractivity contribution < 1.29 is 9.59 Å². The Morgan fingerprint density at radius 2 is 1.91 bits per heavy atom. The van der Waals surface area contributed by atoms with Gasteiger partial charge in [0.2, 0.25) is 0 Å². The summed E-state index contributed by atoms with van der Waals surface area (Å²) in [5.74, 6) is -0.190. The average Bonchev–Trinajstić information content (AvgIpc) is 2.44. The molecular formula is C16H25ClN4O2. The molecule has 0 unspecified atom stereocenters. The van der Waals surface area contributed by atoms with Crippen LogP contribution in [-0.2, 0) is 0 Å². The number of nitrogens with one attached hydrogen (secondary N) is 3. The van der Waals surface area contributed by atoms with Gasteiger partial charge in [0.05, 0.1) is 10.6 Å². The number of nitrogens with zero attached hydrogens (tertiary/aromatic N) is 1. The van der Waals surface area contributed by atoms with Crippen LogP contribution >= 0.6 is 11.6 Å². The number of halogens is 1. The Balaban J connectivity index is 2.87. The molecule has 0 aliphatic carbocycles. The molecule has 0 aromatic heterocycles. The first-order chi connectivity index (χ1) is 10.6. The second kappa shape index (κ2) is 8.17. The van der Waals surface area contributed by atoms with Gasteiger partial charge in [-0.1, -0.05) is 11.6 Å². The quantitative estimate of drug-likeness (QED) is 0.771. The highest BCUT2D eigenvalue weighted by atomic mass is 35.5. The monoisotopic (exact) mass is 340 g/mol. The topological polar surface area (TPSA) is 73.5 Å². The van der Waals surface area contributed by atoms with Crippen LogP contribution in [0.1, 0.15) is 31.1 Å². The molecule has 0 heterocycles. The van der Waals surface area contributed by atoms with E-state index >= 15 is 0 Å². The van der Waals surface area contributed by atoms with Crippen LogP contribution in [0.5, 0.6) is 0 Å². The van der Waals surface area contributed by atoms with Crippen molar-refractivity contribution in [3.8, 4) is 0 Å². The number of carbonyl (C=O) groups is 2. The van der Waals surface area contributed by atoms with Gasteiger partial charge in [0.1, 0.15) is 0 Å². The van der Waals surface area contributed by atoms with E-state index in [9.17, 15) is 9.59 Å². The molecule has 0 fully saturated rings. The Hall–Kier alpha value is -1.79. The van der Waals surface area contributed by atoms with Gasteiger partial charge >= 0.3 is 6.03 Å². The number of hydrogen-bond donors (Lipinski definition) is 3. The summed E-state index contributed by atoms with van der Waals surface area (Å²) in [6.45, 7) is 6.92. The molecule has 0 spiro atoms. The van der Waals surface area contributed by atoms with E-state index in [0.29, 0.717) is 29.4 Å². The van der Waals surface area contributed by atoms with Crippen LogP contribution in [0.4, 0.5) is 10.5 Å². The average molecular weight is 341 g/mol. The number of anilines is 1. The van der Waals surface area contributed by atoms with Crippen molar-refractivity contribution in [1.82, 2.24) is 15.5 Å². The van der Waals surface area contributed by atoms with Crippen molar-refractivity contribution in [1.29, 1.82) is 0 Å². The highest BCUT2D eigenvalue weighted by Crippen LogP contribution is 2.22. The molecule has 0 saturated heterocycles. The van der Waals surface area contributed by atoms with Crippen LogP contribution in [0.3, 0.4) is 0 Å². The summed E-state index contributed by atoms with van der Waals surface area (Å²) in [4.78, 5) is 25.9. The molecule has 0 aliphatic rings. The van der Waals surface area contributed by atoms with Crippen LogP contribution < -0.4 is 16.0 Å². The molecule has 128 valence electrons. The SMILES string of the molecule is CNCCN(C)C(=O)c1cc(NC(=O)NC(C)(C)C)ccc1Cl. The normalized spacial score (nSPS) is 11.0. The van der Waals surface area contributed by atoms with E-state index in [4.69, 9.17) is 11.6 Å². The van der Waals surface area contributed by atoms with Crippen molar-refractivity contribution >= 4 is 29.2 Å². The molecule has 1 aromatic carbocycles. The van der Waals surface area contributed by atoms with E-state index in [0.717, 1.165) is 0 Å². The van der Waals surface area contributed by atoms with Crippen LogP contribution in [0.2, 0.25) is 5.02 Å². The molecule has 0 radical (unpaired) electrons. The summed E-state index contributed by atoms with van der Waals surface area (Å²) in [6.07, 6.45) is 0. The highest BCUT2D eigenvalue weighted by molar-refractivity contribution is 6.34. The Kier molecular flexibility index (Phi) is 6.84. The summed E-state index contributed by atoms with van der Waals surface area (Å²) in [6, 6.07) is 4.52. The van der Waals surface area contributed by atoms with Gasteiger partial charge in [0, 0.05) is 31.4 Å². The number of carbonyl (C=O) groups excluding carboxylic acids is 2. The van der Waals surface area contributed by atoms with E-state index in [1.54, 1.807) is 30.1 Å². The van der Waals surface area contributed by atoms with Gasteiger partial charge in [0.15, 0.2) is 0 Å². The molecular weight excluding hydrogens is 316 g/mol. The lowest BCUT2D eigenvalue weighted by Crippen LogP contribution is -2.43. The van der Waals surface area contributed by atoms with Gasteiger partial charge in [0.25, 0.3) is 5.91 Å². The summed E-state index contributed by atoms with van der Waals surface area (Å²) < 4.78 is 0. The van der Waals surface area contributed by atoms with Crippen molar-refractivity contribution in [3.63, 3.8) is 0 Å². The maximum absolute atomic E-state index is 12.4. The third-order valence-corrected chi connectivity index (χ3v) is 3.32. The molecule has 0 saturated carbocycles. The molecule has 7 heteroatoms. The zero-order valence-electron chi connectivity index (χ0n) is 14.3. The van der Waals surface area contributed by atoms with Gasteiger partial charge in [-0.25, -0.2) is 4.79 Å². The number of rotatable bonds is 5. The second-order valence-corrected chi connectivity index (χ2v) is 6.76. The van der Waals surface area contributed by atoms with Crippen molar-refractivity contribution in [2.75, 3.05) is 32.5 Å². The predicted molar refractivity (Wildman–Crippen MR) is 94.2 cm³/mol. The number of benzene rings is 1. The molecule has 3 amide bonds. The number of amides is 3.